The number of piperazine rings is 2. The van der Waals surface area contributed by atoms with Gasteiger partial charge >= 0.3 is 0 Å². The van der Waals surface area contributed by atoms with E-state index < -0.39 is 70.8 Å². The molecule has 6 aliphatic rings. The van der Waals surface area contributed by atoms with Gasteiger partial charge in [0.25, 0.3) is 0 Å². The van der Waals surface area contributed by atoms with Gasteiger partial charge in [0.2, 0.25) is 35.4 Å². The topological polar surface area (TPSA) is 480 Å². The third kappa shape index (κ3) is 29.4. The summed E-state index contributed by atoms with van der Waals surface area (Å²) >= 11 is 3.15. The number of fused-ring (bicyclic) bond motifs is 4. The standard InChI is InChI=1S/C54H70N10O9S.C54H68N10O9S/c2*1-35-49(74-34-58-35)37-13-11-36(12-14-37)29-57-52(68)46-27-42(65)32-63(46)53(69)50(54(2,3)4)59-48(67)33-73-25-24-72-23-22-71-21-20-70-19-7-8-38-26-39(17-18-56-38)64-40-15-16-41(64)31-62(30-40)45-28-44(60-61-51(45)55)43-9-5-6-10-47(43)66/h5-6,9-14,17-18,26,28,34,40-42,46,50,65-66H,7-8,15-16,19-25,27,29-33H2,1-4H3,(H2,55,61)(H,57,68)(H,59,67);5-14,17-18,26,28,34,40-42,46,50,65-66H,15-16,19-25,27,29-33H2,1-4H3,(H2,55,61)(H,57,68)(H,59,67)/b;8-7+/t2*40?,41?,42-,46+,50-/m11/s1. The minimum atomic E-state index is -0.966. The highest BCUT2D eigenvalue weighted by Gasteiger charge is 2.48. The maximum Gasteiger partial charge on any atom is 0.246 e. The average molecular weight is 2070 g/mol. The molecule has 148 heavy (non-hydrogen) atoms. The number of aliphatic hydroxyl groups is 2. The van der Waals surface area contributed by atoms with Gasteiger partial charge in [-0.25, -0.2) is 9.97 Å². The fourth-order valence-corrected chi connectivity index (χ4v) is 21.2. The number of ether oxygens (including phenoxy) is 8. The summed E-state index contributed by atoms with van der Waals surface area (Å²) in [7, 11) is 0. The number of para-hydroxylation sites is 2. The van der Waals surface area contributed by atoms with Crippen molar-refractivity contribution < 1.29 is 87.1 Å². The Labute approximate surface area is 871 Å². The molecule has 10 aromatic rings. The van der Waals surface area contributed by atoms with Crippen LogP contribution in [0, 0.1) is 24.7 Å². The van der Waals surface area contributed by atoms with E-state index >= 15 is 0 Å². The summed E-state index contributed by atoms with van der Waals surface area (Å²) in [4.78, 5) is 113. The Morgan fingerprint density at radius 1 is 0.466 bits per heavy atom. The number of carbonyl (C=O) groups is 6. The minimum Gasteiger partial charge on any atom is -0.507 e. The molecule has 6 fully saturated rings. The number of anilines is 6. The number of aromatic nitrogens is 8. The van der Waals surface area contributed by atoms with Crippen molar-refractivity contribution in [2.75, 3.05) is 176 Å². The highest BCUT2D eigenvalue weighted by molar-refractivity contribution is 7.13. The number of carbonyl (C=O) groups excluding carboxylic acids is 6. The van der Waals surface area contributed by atoms with Crippen LogP contribution in [0.3, 0.4) is 0 Å². The summed E-state index contributed by atoms with van der Waals surface area (Å²) in [5.41, 5.74) is 29.0. The molecule has 6 aromatic heterocycles. The van der Waals surface area contributed by atoms with E-state index in [-0.39, 0.29) is 102 Å². The Morgan fingerprint density at radius 2 is 0.858 bits per heavy atom. The van der Waals surface area contributed by atoms with Gasteiger partial charge in [-0.2, -0.15) is 0 Å². The van der Waals surface area contributed by atoms with Crippen LogP contribution in [-0.2, 0) is 86.2 Å². The Morgan fingerprint density at radius 3 is 1.26 bits per heavy atom. The van der Waals surface area contributed by atoms with Gasteiger partial charge in [0.1, 0.15) is 48.9 Å². The van der Waals surface area contributed by atoms with E-state index in [0.717, 1.165) is 137 Å². The number of pyridine rings is 2. The van der Waals surface area contributed by atoms with E-state index in [1.54, 1.807) is 46.9 Å². The Balaban J connectivity index is 0.000000222. The second-order valence-corrected chi connectivity index (χ2v) is 41.7. The van der Waals surface area contributed by atoms with Crippen LogP contribution < -0.4 is 52.3 Å². The quantitative estimate of drug-likeness (QED) is 0.0158. The van der Waals surface area contributed by atoms with Crippen LogP contribution in [0.5, 0.6) is 11.5 Å². The summed E-state index contributed by atoms with van der Waals surface area (Å²) in [6.07, 6.45) is 12.0. The Hall–Kier alpha value is -12.8. The van der Waals surface area contributed by atoms with Crippen molar-refractivity contribution in [2.45, 2.75) is 180 Å². The van der Waals surface area contributed by atoms with Crippen LogP contribution >= 0.6 is 22.7 Å². The van der Waals surface area contributed by atoms with E-state index in [1.165, 1.54) is 15.5 Å². The van der Waals surface area contributed by atoms with E-state index in [1.807, 2.05) is 176 Å². The number of hydrogen-bond acceptors (Lipinski definition) is 34. The maximum atomic E-state index is 14.0. The van der Waals surface area contributed by atoms with Gasteiger partial charge in [-0.05, 0) is 152 Å². The van der Waals surface area contributed by atoms with Gasteiger partial charge in [-0.15, -0.1) is 43.1 Å². The lowest BCUT2D eigenvalue weighted by Crippen LogP contribution is -2.58. The van der Waals surface area contributed by atoms with Crippen molar-refractivity contribution in [3.63, 3.8) is 0 Å². The molecule has 4 unspecified atom stereocenters. The third-order valence-corrected chi connectivity index (χ3v) is 29.1. The van der Waals surface area contributed by atoms with Gasteiger partial charge in [0, 0.05) is 137 Å². The SMILES string of the molecule is Cc1ncsc1-c1ccc(CNC(=O)[C@@H]2C[C@@H](O)CN2C(=O)[C@@H](NC(=O)COCCOCCOCCOC/C=C/c2cc(N3C4CCC3CN(c3cc(-c5ccccc5O)nnc3N)C4)ccn2)C(C)(C)C)cc1.Cc1ncsc1-c1ccc(CNC(=O)[C@@H]2C[C@@H](O)CN2C(=O)[C@@H](NC(=O)COCCOCCOCCOCCCc2cc(N3C4CCC3CN(c3cc(-c5ccccc5O)nnc3N)C4)ccn2)C(C)(C)C)cc1. The highest BCUT2D eigenvalue weighted by Crippen LogP contribution is 2.43. The molecule has 38 nitrogen and oxygen atoms in total. The molecule has 12 heterocycles. The number of phenols is 2. The lowest BCUT2D eigenvalue weighted by atomic mass is 9.85. The number of aryl methyl sites for hydroxylation is 3. The molecule has 12 N–H and O–H groups in total. The fraction of sp³-hybridized carbons (Fsp3) is 0.481. The first-order chi connectivity index (χ1) is 71.5. The number of β-amino-alcohol motifs (C(OH)–C–C–N with tert-alkyl or cyclic N) is 2. The normalized spacial score (nSPS) is 19.0. The number of aliphatic hydroxyl groups excluding tert-OH is 2. The Kier molecular flexibility index (Phi) is 38.7. The summed E-state index contributed by atoms with van der Waals surface area (Å²) in [5, 5.41) is 70.4. The van der Waals surface area contributed by atoms with Gasteiger partial charge in [-0.1, -0.05) is 120 Å². The molecular weight excluding hydrogens is 1930 g/mol. The molecule has 4 bridgehead atoms. The number of nitrogen functional groups attached to an aromatic ring is 2. The smallest absolute Gasteiger partial charge is 0.246 e. The molecule has 4 aromatic carbocycles. The number of phenolic OH excluding ortho intramolecular Hbond substituents is 2. The first kappa shape index (κ1) is 109. The van der Waals surface area contributed by atoms with Gasteiger partial charge in [0.05, 0.1) is 159 Å². The van der Waals surface area contributed by atoms with Crippen LogP contribution in [0.25, 0.3) is 49.5 Å². The van der Waals surface area contributed by atoms with Crippen molar-refractivity contribution in [2.24, 2.45) is 10.8 Å². The molecule has 0 radical (unpaired) electrons. The molecule has 0 spiro atoms. The van der Waals surface area contributed by atoms with Crippen LogP contribution in [0.1, 0.15) is 120 Å². The first-order valence-electron chi connectivity index (χ1n) is 50.7. The second kappa shape index (κ2) is 52.4. The molecule has 6 amide bonds. The zero-order valence-electron chi connectivity index (χ0n) is 85.3. The number of amides is 6. The van der Waals surface area contributed by atoms with Gasteiger partial charge in [0.15, 0.2) is 11.6 Å². The lowest BCUT2D eigenvalue weighted by Gasteiger charge is -2.43. The number of nitrogens with zero attached hydrogens (tertiary/aromatic N) is 14. The van der Waals surface area contributed by atoms with Crippen molar-refractivity contribution in [1.29, 1.82) is 0 Å². The number of aromatic hydroxyl groups is 2. The number of benzene rings is 4. The minimum absolute atomic E-state index is 0.0144. The van der Waals surface area contributed by atoms with E-state index in [0.29, 0.717) is 124 Å². The molecule has 40 heteroatoms. The fourth-order valence-electron chi connectivity index (χ4n) is 19.6. The van der Waals surface area contributed by atoms with Crippen molar-refractivity contribution in [1.82, 2.24) is 71.4 Å². The summed E-state index contributed by atoms with van der Waals surface area (Å²) in [5.74, 6) is -1.53. The summed E-state index contributed by atoms with van der Waals surface area (Å²) < 4.78 is 45.2. The molecular formula is C108H138N20O18S2. The summed E-state index contributed by atoms with van der Waals surface area (Å²) in [6, 6.07) is 39.8. The highest BCUT2D eigenvalue weighted by atomic mass is 32.1. The molecule has 6 aliphatic heterocycles. The van der Waals surface area contributed by atoms with Crippen molar-refractivity contribution in [3.8, 4) is 54.9 Å². The first-order valence-corrected chi connectivity index (χ1v) is 52.4. The van der Waals surface area contributed by atoms with Crippen LogP contribution in [0.15, 0.2) is 163 Å². The summed E-state index contributed by atoms with van der Waals surface area (Å²) in [6.45, 7) is 22.9. The number of likely N-dealkylation sites (tertiary alicyclic amines) is 2. The number of hydrogen-bond donors (Lipinski definition) is 10. The van der Waals surface area contributed by atoms with Crippen molar-refractivity contribution in [3.05, 3.63) is 197 Å². The molecule has 790 valence electrons. The lowest BCUT2D eigenvalue weighted by molar-refractivity contribution is -0.144. The largest absolute Gasteiger partial charge is 0.507 e. The number of rotatable bonds is 47. The third-order valence-electron chi connectivity index (χ3n) is 27.1. The predicted octanol–water partition coefficient (Wildman–Crippen LogP) is 9.93. The number of nitrogens with two attached hydrogens (primary N) is 2. The molecule has 0 aliphatic carbocycles. The van der Waals surface area contributed by atoms with E-state index in [9.17, 15) is 49.2 Å². The van der Waals surface area contributed by atoms with Crippen molar-refractivity contribution >= 4 is 98.6 Å². The average Bonchev–Trinajstić information content (AvgIpc) is 1.62. The molecule has 10 atom stereocenters. The maximum absolute atomic E-state index is 14.0. The van der Waals surface area contributed by atoms with E-state index in [2.05, 4.69) is 105 Å². The van der Waals surface area contributed by atoms with Crippen LogP contribution in [0.2, 0.25) is 0 Å². The zero-order valence-corrected chi connectivity index (χ0v) is 86.9. The monoisotopic (exact) mass is 2070 g/mol. The number of thiazole rings is 2. The second-order valence-electron chi connectivity index (χ2n) is 40.0. The number of nitrogens with one attached hydrogen (secondary N) is 4. The van der Waals surface area contributed by atoms with Gasteiger partial charge < -0.3 is 120 Å². The van der Waals surface area contributed by atoms with Crippen LogP contribution in [-0.4, -0.2) is 312 Å². The molecule has 0 saturated carbocycles. The Bertz CT molecular complexity index is 6080. The molecule has 16 rings (SSSR count). The zero-order chi connectivity index (χ0) is 104. The van der Waals surface area contributed by atoms with E-state index in [4.69, 9.17) is 49.4 Å². The molecule has 6 saturated heterocycles. The van der Waals surface area contributed by atoms with Crippen LogP contribution in [0.4, 0.5) is 34.4 Å². The van der Waals surface area contributed by atoms with Gasteiger partial charge in [-0.3, -0.25) is 38.7 Å². The predicted molar refractivity (Wildman–Crippen MR) is 566 cm³/mol.